The lowest BCUT2D eigenvalue weighted by atomic mass is 10.3. The van der Waals surface area contributed by atoms with Crippen LogP contribution < -0.4 is 0 Å². The molecule has 0 aliphatic heterocycles. The van der Waals surface area contributed by atoms with E-state index in [0.29, 0.717) is 0 Å². The fourth-order valence-corrected chi connectivity index (χ4v) is 0.532. The fourth-order valence-electron chi connectivity index (χ4n) is 0.249. The summed E-state index contributed by atoms with van der Waals surface area (Å²) in [6.07, 6.45) is -6.17. The lowest BCUT2D eigenvalue weighted by Crippen LogP contribution is -2.52. The average molecular weight is 200 g/mol. The molecule has 0 fully saturated rings. The van der Waals surface area contributed by atoms with Gasteiger partial charge in [-0.15, -0.1) is 0 Å². The highest BCUT2D eigenvalue weighted by molar-refractivity contribution is 6.14. The smallest absolute Gasteiger partial charge is 0.206 e. The molecule has 68 valence electrons. The van der Waals surface area contributed by atoms with E-state index in [0.717, 1.165) is 0 Å². The number of hydrogen-bond acceptors (Lipinski definition) is 0. The molecule has 0 N–H and O–H groups in total. The second-order valence-corrected chi connectivity index (χ2v) is 3.22. The highest BCUT2D eigenvalue weighted by atomic mass is 28.1. The summed E-state index contributed by atoms with van der Waals surface area (Å²) >= 11 is 0. The van der Waals surface area contributed by atoms with Gasteiger partial charge in [-0.3, -0.25) is 0 Å². The van der Waals surface area contributed by atoms with Crippen molar-refractivity contribution in [1.82, 2.24) is 0 Å². The average Bonchev–Trinajstić information content (AvgIpc) is 1.58. The molecule has 11 heavy (non-hydrogen) atoms. The quantitative estimate of drug-likeness (QED) is 0.440. The molecule has 0 aromatic carbocycles. The minimum absolute atomic E-state index is 1.54. The SMILES string of the molecule is FC(F)(F)C(F)(F)C(F)(F)[SiH3]. The van der Waals surface area contributed by atoms with E-state index in [1.54, 1.807) is 0 Å². The maximum atomic E-state index is 11.6. The van der Waals surface area contributed by atoms with Crippen LogP contribution in [0.25, 0.3) is 0 Å². The number of rotatable bonds is 1. The van der Waals surface area contributed by atoms with Gasteiger partial charge in [0.1, 0.15) is 0 Å². The normalized spacial score (nSPS) is 15.5. The van der Waals surface area contributed by atoms with Crippen molar-refractivity contribution in [2.24, 2.45) is 0 Å². The molecule has 0 aromatic heterocycles. The van der Waals surface area contributed by atoms with Gasteiger partial charge in [0.2, 0.25) is 0 Å². The van der Waals surface area contributed by atoms with Gasteiger partial charge in [0.25, 0.3) is 5.55 Å². The van der Waals surface area contributed by atoms with Crippen molar-refractivity contribution in [3.8, 4) is 0 Å². The summed E-state index contributed by atoms with van der Waals surface area (Å²) in [4.78, 5) is 0. The Balaban J connectivity index is 4.75. The first-order valence-electron chi connectivity index (χ1n) is 2.32. The molecule has 0 atom stereocenters. The van der Waals surface area contributed by atoms with E-state index in [4.69, 9.17) is 0 Å². The summed E-state index contributed by atoms with van der Waals surface area (Å²) in [7, 11) is -1.54. The Morgan fingerprint density at radius 2 is 1.00 bits per heavy atom. The van der Waals surface area contributed by atoms with Crippen LogP contribution in [0.5, 0.6) is 0 Å². The Bertz CT molecular complexity index is 125. The molecule has 0 spiro atoms. The van der Waals surface area contributed by atoms with Crippen LogP contribution >= 0.6 is 0 Å². The van der Waals surface area contributed by atoms with Gasteiger partial charge >= 0.3 is 12.1 Å². The molecule has 0 saturated heterocycles. The second-order valence-electron chi connectivity index (χ2n) is 1.96. The summed E-state index contributed by atoms with van der Waals surface area (Å²) in [5.41, 5.74) is -4.94. The minimum Gasteiger partial charge on any atom is -0.206 e. The third-order valence-corrected chi connectivity index (χ3v) is 1.54. The monoisotopic (exact) mass is 200 g/mol. The zero-order chi connectivity index (χ0) is 9.50. The zero-order valence-corrected chi connectivity index (χ0v) is 7.15. The zero-order valence-electron chi connectivity index (χ0n) is 5.15. The van der Waals surface area contributed by atoms with Crippen molar-refractivity contribution in [3.63, 3.8) is 0 Å². The Labute approximate surface area is 59.8 Å². The molecule has 0 bridgehead atoms. The van der Waals surface area contributed by atoms with Crippen LogP contribution in [0.4, 0.5) is 30.7 Å². The standard InChI is InChI=1S/C3H3F7Si/c4-1(5,2(6,7)8)3(9,10)11/h11H3. The third-order valence-electron chi connectivity index (χ3n) is 0.907. The van der Waals surface area contributed by atoms with Crippen molar-refractivity contribution in [2.45, 2.75) is 17.6 Å². The predicted octanol–water partition coefficient (Wildman–Crippen LogP) is 1.14. The van der Waals surface area contributed by atoms with Gasteiger partial charge in [0.05, 0.1) is 10.2 Å². The molecular weight excluding hydrogens is 197 g/mol. The maximum Gasteiger partial charge on any atom is 0.459 e. The van der Waals surface area contributed by atoms with E-state index in [9.17, 15) is 30.7 Å². The molecule has 0 aliphatic rings. The van der Waals surface area contributed by atoms with Crippen molar-refractivity contribution >= 4 is 10.2 Å². The summed E-state index contributed by atoms with van der Waals surface area (Å²) in [5.74, 6) is -5.90. The molecule has 0 heterocycles. The van der Waals surface area contributed by atoms with E-state index in [1.807, 2.05) is 0 Å². The molecule has 0 saturated carbocycles. The first kappa shape index (κ1) is 10.7. The molecule has 0 aromatic rings. The van der Waals surface area contributed by atoms with Crippen LogP contribution in [-0.2, 0) is 0 Å². The van der Waals surface area contributed by atoms with Crippen LogP contribution in [0.15, 0.2) is 0 Å². The number of hydrogen-bond donors (Lipinski definition) is 0. The first-order chi connectivity index (χ1) is 4.50. The molecular formula is C3H3F7Si. The minimum atomic E-state index is -6.17. The fraction of sp³-hybridized carbons (Fsp3) is 1.00. The molecule has 0 radical (unpaired) electrons. The Kier molecular flexibility index (Phi) is 2.30. The lowest BCUT2D eigenvalue weighted by Gasteiger charge is -2.25. The molecule has 0 rings (SSSR count). The second kappa shape index (κ2) is 2.36. The van der Waals surface area contributed by atoms with Crippen LogP contribution in [-0.4, -0.2) is 27.9 Å². The van der Waals surface area contributed by atoms with E-state index in [-0.39, 0.29) is 0 Å². The van der Waals surface area contributed by atoms with Crippen LogP contribution in [0.2, 0.25) is 0 Å². The Morgan fingerprint density at radius 3 is 1.00 bits per heavy atom. The highest BCUT2D eigenvalue weighted by Gasteiger charge is 2.70. The number of halogens is 7. The third kappa shape index (κ3) is 1.85. The first-order valence-corrected chi connectivity index (χ1v) is 3.32. The van der Waals surface area contributed by atoms with Crippen LogP contribution in [0.3, 0.4) is 0 Å². The topological polar surface area (TPSA) is 0 Å². The van der Waals surface area contributed by atoms with Gasteiger partial charge in [0.15, 0.2) is 0 Å². The molecule has 0 aliphatic carbocycles. The Hall–Kier alpha value is -0.273. The van der Waals surface area contributed by atoms with Crippen LogP contribution in [0, 0.1) is 0 Å². The summed E-state index contributed by atoms with van der Waals surface area (Å²) in [5, 5.41) is 0. The van der Waals surface area contributed by atoms with Crippen molar-refractivity contribution in [2.75, 3.05) is 0 Å². The van der Waals surface area contributed by atoms with E-state index < -0.39 is 27.9 Å². The largest absolute Gasteiger partial charge is 0.459 e. The van der Waals surface area contributed by atoms with Crippen molar-refractivity contribution in [1.29, 1.82) is 0 Å². The van der Waals surface area contributed by atoms with E-state index in [1.165, 1.54) is 0 Å². The van der Waals surface area contributed by atoms with Crippen molar-refractivity contribution < 1.29 is 30.7 Å². The van der Waals surface area contributed by atoms with Gasteiger partial charge in [-0.1, -0.05) is 0 Å². The van der Waals surface area contributed by atoms with Gasteiger partial charge < -0.3 is 0 Å². The molecule has 0 unspecified atom stereocenters. The summed E-state index contributed by atoms with van der Waals surface area (Å²) < 4.78 is 79.7. The molecule has 8 heteroatoms. The number of alkyl halides is 7. The van der Waals surface area contributed by atoms with Gasteiger partial charge in [-0.05, 0) is 0 Å². The predicted molar refractivity (Wildman–Crippen MR) is 25.9 cm³/mol. The highest BCUT2D eigenvalue weighted by Crippen LogP contribution is 2.44. The lowest BCUT2D eigenvalue weighted by molar-refractivity contribution is -0.332. The van der Waals surface area contributed by atoms with Gasteiger partial charge in [-0.25, -0.2) is 8.78 Å². The maximum absolute atomic E-state index is 11.6. The van der Waals surface area contributed by atoms with Gasteiger partial charge in [0, 0.05) is 0 Å². The van der Waals surface area contributed by atoms with Gasteiger partial charge in [-0.2, -0.15) is 22.0 Å². The summed E-state index contributed by atoms with van der Waals surface area (Å²) in [6, 6.07) is 0. The van der Waals surface area contributed by atoms with E-state index >= 15 is 0 Å². The van der Waals surface area contributed by atoms with E-state index in [2.05, 4.69) is 0 Å². The molecule has 0 nitrogen and oxygen atoms in total. The summed E-state index contributed by atoms with van der Waals surface area (Å²) in [6.45, 7) is 0. The van der Waals surface area contributed by atoms with Crippen molar-refractivity contribution in [3.05, 3.63) is 0 Å². The van der Waals surface area contributed by atoms with Crippen LogP contribution in [0.1, 0.15) is 0 Å². The Morgan fingerprint density at radius 1 is 0.727 bits per heavy atom. The molecule has 0 amide bonds.